The van der Waals surface area contributed by atoms with Crippen molar-refractivity contribution in [3.05, 3.63) is 59.7 Å². The Balaban J connectivity index is 1.54. The van der Waals surface area contributed by atoms with Gasteiger partial charge in [0.25, 0.3) is 5.92 Å². The Hall–Kier alpha value is -1.70. The van der Waals surface area contributed by atoms with Crippen molar-refractivity contribution in [3.8, 4) is 11.1 Å². The molecule has 0 heterocycles. The molecule has 0 amide bonds. The highest BCUT2D eigenvalue weighted by atomic mass is 19.3. The summed E-state index contributed by atoms with van der Waals surface area (Å²) in [7, 11) is 0. The van der Waals surface area contributed by atoms with Crippen LogP contribution in [0, 0.1) is 5.92 Å². The molecule has 0 aromatic heterocycles. The first-order chi connectivity index (χ1) is 15.0. The molecule has 1 saturated carbocycles. The molecule has 3 rings (SSSR count). The lowest BCUT2D eigenvalue weighted by molar-refractivity contribution is -0.00948. The molecule has 0 saturated heterocycles. The second-order valence-corrected chi connectivity index (χ2v) is 9.67. The molecular formula is C29H40F2. The molecule has 1 aliphatic carbocycles. The molecule has 2 heteroatoms. The van der Waals surface area contributed by atoms with Crippen LogP contribution in [0.5, 0.6) is 0 Å². The highest BCUT2D eigenvalue weighted by molar-refractivity contribution is 5.64. The zero-order chi connectivity index (χ0) is 22.1. The lowest BCUT2D eigenvalue weighted by Crippen LogP contribution is -2.19. The molecule has 170 valence electrons. The number of unbranched alkanes of at least 4 members (excludes halogenated alkanes) is 3. The molecular weight excluding hydrogens is 386 g/mol. The van der Waals surface area contributed by atoms with Crippen LogP contribution in [-0.4, -0.2) is 5.92 Å². The molecule has 1 fully saturated rings. The van der Waals surface area contributed by atoms with E-state index in [9.17, 15) is 8.78 Å². The summed E-state index contributed by atoms with van der Waals surface area (Å²) in [4.78, 5) is 0. The molecule has 0 bridgehead atoms. The Bertz CT molecular complexity index is 752. The molecule has 0 N–H and O–H groups in total. The van der Waals surface area contributed by atoms with Crippen molar-refractivity contribution >= 4 is 0 Å². The fraction of sp³-hybridized carbons (Fsp3) is 0.586. The molecule has 1 aliphatic rings. The van der Waals surface area contributed by atoms with E-state index in [0.29, 0.717) is 12.3 Å². The third-order valence-corrected chi connectivity index (χ3v) is 7.07. The van der Waals surface area contributed by atoms with E-state index in [4.69, 9.17) is 0 Å². The molecule has 0 spiro atoms. The molecule has 0 unspecified atom stereocenters. The zero-order valence-corrected chi connectivity index (χ0v) is 19.5. The number of halogens is 2. The Labute approximate surface area is 188 Å². The highest BCUT2D eigenvalue weighted by Gasteiger charge is 2.28. The van der Waals surface area contributed by atoms with Crippen LogP contribution < -0.4 is 0 Å². The van der Waals surface area contributed by atoms with Crippen molar-refractivity contribution in [2.24, 2.45) is 5.92 Å². The summed E-state index contributed by atoms with van der Waals surface area (Å²) in [5, 5.41) is 0. The van der Waals surface area contributed by atoms with E-state index in [2.05, 4.69) is 38.1 Å². The van der Waals surface area contributed by atoms with E-state index in [1.54, 1.807) is 0 Å². The van der Waals surface area contributed by atoms with E-state index in [-0.39, 0.29) is 12.8 Å². The average molecular weight is 427 g/mol. The van der Waals surface area contributed by atoms with Crippen LogP contribution in [0.3, 0.4) is 0 Å². The number of alkyl halides is 2. The average Bonchev–Trinajstić information content (AvgIpc) is 2.78. The van der Waals surface area contributed by atoms with Gasteiger partial charge in [-0.1, -0.05) is 94.5 Å². The van der Waals surface area contributed by atoms with Gasteiger partial charge in [-0.25, -0.2) is 8.78 Å². The molecule has 2 aromatic rings. The van der Waals surface area contributed by atoms with Gasteiger partial charge in [0.1, 0.15) is 0 Å². The maximum Gasteiger partial charge on any atom is 0.252 e. The smallest absolute Gasteiger partial charge is 0.207 e. The van der Waals surface area contributed by atoms with E-state index in [1.165, 1.54) is 49.7 Å². The van der Waals surface area contributed by atoms with Gasteiger partial charge in [-0.2, -0.15) is 0 Å². The van der Waals surface area contributed by atoms with E-state index < -0.39 is 5.92 Å². The minimum absolute atomic E-state index is 0.00340. The maximum absolute atomic E-state index is 14.2. The van der Waals surface area contributed by atoms with Gasteiger partial charge in [-0.05, 0) is 66.2 Å². The molecule has 0 radical (unpaired) electrons. The SMILES string of the molecule is CCCCCCC(F)(F)Cc1ccc(-c2ccc([C@H]3CC[C@H](CCC)CC3)cc2)cc1. The summed E-state index contributed by atoms with van der Waals surface area (Å²) < 4.78 is 28.5. The van der Waals surface area contributed by atoms with Crippen molar-refractivity contribution in [3.63, 3.8) is 0 Å². The van der Waals surface area contributed by atoms with Gasteiger partial charge < -0.3 is 0 Å². The van der Waals surface area contributed by atoms with Crippen molar-refractivity contribution in [1.29, 1.82) is 0 Å². The number of hydrogen-bond donors (Lipinski definition) is 0. The van der Waals surface area contributed by atoms with Crippen molar-refractivity contribution in [2.75, 3.05) is 0 Å². The fourth-order valence-corrected chi connectivity index (χ4v) is 5.15. The van der Waals surface area contributed by atoms with Gasteiger partial charge in [0.2, 0.25) is 0 Å². The fourth-order valence-electron chi connectivity index (χ4n) is 5.15. The number of rotatable bonds is 11. The second-order valence-electron chi connectivity index (χ2n) is 9.67. The third kappa shape index (κ3) is 7.44. The highest BCUT2D eigenvalue weighted by Crippen LogP contribution is 2.38. The second kappa shape index (κ2) is 11.8. The molecule has 0 aliphatic heterocycles. The lowest BCUT2D eigenvalue weighted by Gasteiger charge is -2.28. The molecule has 0 atom stereocenters. The number of benzene rings is 2. The minimum atomic E-state index is -2.60. The third-order valence-electron chi connectivity index (χ3n) is 7.07. The monoisotopic (exact) mass is 426 g/mol. The Morgan fingerprint density at radius 3 is 1.94 bits per heavy atom. The van der Waals surface area contributed by atoms with Crippen LogP contribution in [0.2, 0.25) is 0 Å². The lowest BCUT2D eigenvalue weighted by atomic mass is 9.77. The normalized spacial score (nSPS) is 19.5. The van der Waals surface area contributed by atoms with Crippen LogP contribution in [-0.2, 0) is 6.42 Å². The minimum Gasteiger partial charge on any atom is -0.207 e. The van der Waals surface area contributed by atoms with Gasteiger partial charge in [0, 0.05) is 12.8 Å². The van der Waals surface area contributed by atoms with E-state index in [0.717, 1.165) is 36.3 Å². The van der Waals surface area contributed by atoms with Gasteiger partial charge in [0.15, 0.2) is 0 Å². The van der Waals surface area contributed by atoms with Gasteiger partial charge in [-0.3, -0.25) is 0 Å². The summed E-state index contributed by atoms with van der Waals surface area (Å²) in [5.41, 5.74) is 4.46. The van der Waals surface area contributed by atoms with Gasteiger partial charge in [-0.15, -0.1) is 0 Å². The Morgan fingerprint density at radius 2 is 1.35 bits per heavy atom. The number of hydrogen-bond acceptors (Lipinski definition) is 0. The van der Waals surface area contributed by atoms with Crippen LogP contribution in [0.25, 0.3) is 11.1 Å². The first-order valence-electron chi connectivity index (χ1n) is 12.6. The predicted octanol–water partition coefficient (Wildman–Crippen LogP) is 9.58. The zero-order valence-electron chi connectivity index (χ0n) is 19.5. The summed E-state index contributed by atoms with van der Waals surface area (Å²) in [6.07, 6.45) is 11.5. The maximum atomic E-state index is 14.2. The predicted molar refractivity (Wildman–Crippen MR) is 129 cm³/mol. The van der Waals surface area contributed by atoms with Crippen LogP contribution >= 0.6 is 0 Å². The van der Waals surface area contributed by atoms with Crippen LogP contribution in [0.4, 0.5) is 8.78 Å². The van der Waals surface area contributed by atoms with Crippen LogP contribution in [0.15, 0.2) is 48.5 Å². The Morgan fingerprint density at radius 1 is 0.742 bits per heavy atom. The van der Waals surface area contributed by atoms with Gasteiger partial charge >= 0.3 is 0 Å². The van der Waals surface area contributed by atoms with E-state index >= 15 is 0 Å². The van der Waals surface area contributed by atoms with Crippen LogP contribution in [0.1, 0.15) is 102 Å². The summed E-state index contributed by atoms with van der Waals surface area (Å²) in [6, 6.07) is 16.7. The summed E-state index contributed by atoms with van der Waals surface area (Å²) in [5.74, 6) is -0.973. The molecule has 0 nitrogen and oxygen atoms in total. The molecule has 2 aromatic carbocycles. The standard InChI is InChI=1S/C29H40F2/c1-3-5-6-7-21-29(30,31)22-24-11-15-26(16-12-24)28-19-17-27(18-20-28)25-13-9-23(8-4-2)10-14-25/h11-12,15-20,23,25H,3-10,13-14,21-22H2,1-2H3/t23-,25-. The topological polar surface area (TPSA) is 0 Å². The largest absolute Gasteiger partial charge is 0.252 e. The van der Waals surface area contributed by atoms with Crippen molar-refractivity contribution in [1.82, 2.24) is 0 Å². The molecule has 31 heavy (non-hydrogen) atoms. The van der Waals surface area contributed by atoms with Gasteiger partial charge in [0.05, 0.1) is 0 Å². The summed E-state index contributed by atoms with van der Waals surface area (Å²) in [6.45, 7) is 4.39. The quantitative estimate of drug-likeness (QED) is 0.314. The summed E-state index contributed by atoms with van der Waals surface area (Å²) >= 11 is 0. The van der Waals surface area contributed by atoms with E-state index in [1.807, 2.05) is 24.3 Å². The first kappa shape index (κ1) is 24.0. The van der Waals surface area contributed by atoms with Crippen molar-refractivity contribution in [2.45, 2.75) is 103 Å². The van der Waals surface area contributed by atoms with Crippen molar-refractivity contribution < 1.29 is 8.78 Å². The Kier molecular flexibility index (Phi) is 9.11. The first-order valence-corrected chi connectivity index (χ1v) is 12.6.